The molecule has 2 N–H and O–H groups in total. The zero-order valence-corrected chi connectivity index (χ0v) is 14.0. The lowest BCUT2D eigenvalue weighted by atomic mass is 10.1. The van der Waals surface area contributed by atoms with Gasteiger partial charge in [0.25, 0.3) is 0 Å². The molecule has 3 nitrogen and oxygen atoms in total. The molecule has 21 heavy (non-hydrogen) atoms. The third-order valence-electron chi connectivity index (χ3n) is 3.49. The second-order valence-electron chi connectivity index (χ2n) is 4.84. The summed E-state index contributed by atoms with van der Waals surface area (Å²) >= 11 is 6.60. The van der Waals surface area contributed by atoms with Gasteiger partial charge in [0.15, 0.2) is 0 Å². The molecule has 1 aliphatic heterocycles. The van der Waals surface area contributed by atoms with Crippen LogP contribution in [0.15, 0.2) is 45.3 Å². The number of fused-ring (bicyclic) bond motifs is 1. The Labute approximate surface area is 138 Å². The van der Waals surface area contributed by atoms with Crippen molar-refractivity contribution in [2.45, 2.75) is 12.6 Å². The molecule has 1 aliphatic rings. The Morgan fingerprint density at radius 2 is 1.81 bits per heavy atom. The van der Waals surface area contributed by atoms with Gasteiger partial charge in [-0.3, -0.25) is 4.79 Å². The minimum absolute atomic E-state index is 0.162. The molecular weight excluding hydrogens is 403 g/mol. The van der Waals surface area contributed by atoms with E-state index in [1.165, 1.54) is 11.0 Å². The lowest BCUT2D eigenvalue weighted by Crippen LogP contribution is -2.31. The molecule has 1 unspecified atom stereocenters. The van der Waals surface area contributed by atoms with E-state index in [0.29, 0.717) is 10.0 Å². The van der Waals surface area contributed by atoms with Crippen LogP contribution in [0.1, 0.15) is 17.2 Å². The third kappa shape index (κ3) is 2.63. The van der Waals surface area contributed by atoms with Crippen LogP contribution in [-0.4, -0.2) is 5.91 Å². The van der Waals surface area contributed by atoms with E-state index in [-0.39, 0.29) is 18.3 Å². The maximum absolute atomic E-state index is 14.0. The van der Waals surface area contributed by atoms with Crippen LogP contribution in [0.5, 0.6) is 0 Å². The fraction of sp³-hybridized carbons (Fsp3) is 0.133. The van der Waals surface area contributed by atoms with Gasteiger partial charge in [0.1, 0.15) is 11.9 Å². The van der Waals surface area contributed by atoms with Crippen molar-refractivity contribution in [1.82, 2.24) is 0 Å². The van der Waals surface area contributed by atoms with E-state index in [2.05, 4.69) is 31.9 Å². The molecule has 0 fully saturated rings. The maximum atomic E-state index is 14.0. The zero-order valence-electron chi connectivity index (χ0n) is 10.8. The molecule has 0 radical (unpaired) electrons. The molecule has 0 aromatic heterocycles. The first-order valence-electron chi connectivity index (χ1n) is 6.27. The van der Waals surface area contributed by atoms with Crippen molar-refractivity contribution in [3.05, 3.63) is 62.3 Å². The van der Waals surface area contributed by atoms with E-state index in [1.54, 1.807) is 12.1 Å². The molecule has 2 aromatic carbocycles. The molecule has 1 heterocycles. The van der Waals surface area contributed by atoms with Gasteiger partial charge in [0.05, 0.1) is 12.2 Å². The highest BCUT2D eigenvalue weighted by Crippen LogP contribution is 2.37. The average molecular weight is 414 g/mol. The summed E-state index contributed by atoms with van der Waals surface area (Å²) in [6.45, 7) is 0.162. The number of carbonyl (C=O) groups is 1. The Morgan fingerprint density at radius 3 is 2.52 bits per heavy atom. The van der Waals surface area contributed by atoms with Crippen molar-refractivity contribution in [1.29, 1.82) is 0 Å². The Kier molecular flexibility index (Phi) is 3.86. The van der Waals surface area contributed by atoms with Crippen LogP contribution >= 0.6 is 31.9 Å². The summed E-state index contributed by atoms with van der Waals surface area (Å²) in [4.78, 5) is 13.8. The SMILES string of the molecule is NC1C(=O)N(Cc2ccc(Br)cc2F)c2cc(Br)ccc21. The number of halogens is 3. The van der Waals surface area contributed by atoms with Crippen molar-refractivity contribution in [2.75, 3.05) is 4.90 Å². The van der Waals surface area contributed by atoms with Crippen LogP contribution in [0.3, 0.4) is 0 Å². The van der Waals surface area contributed by atoms with Gasteiger partial charge in [-0.2, -0.15) is 0 Å². The van der Waals surface area contributed by atoms with Crippen molar-refractivity contribution < 1.29 is 9.18 Å². The first-order chi connectivity index (χ1) is 9.97. The molecule has 0 saturated carbocycles. The number of anilines is 1. The Balaban J connectivity index is 2.00. The predicted octanol–water partition coefficient (Wildman–Crippen LogP) is 3.90. The van der Waals surface area contributed by atoms with Crippen LogP contribution in [0.2, 0.25) is 0 Å². The van der Waals surface area contributed by atoms with Gasteiger partial charge in [0.2, 0.25) is 5.91 Å². The molecule has 0 spiro atoms. The first kappa shape index (κ1) is 14.7. The van der Waals surface area contributed by atoms with Gasteiger partial charge in [-0.25, -0.2) is 4.39 Å². The number of benzene rings is 2. The number of rotatable bonds is 2. The number of nitrogens with zero attached hydrogens (tertiary/aromatic N) is 1. The monoisotopic (exact) mass is 412 g/mol. The largest absolute Gasteiger partial charge is 0.316 e. The molecule has 3 rings (SSSR count). The Morgan fingerprint density at radius 1 is 1.14 bits per heavy atom. The summed E-state index contributed by atoms with van der Waals surface area (Å²) in [7, 11) is 0. The fourth-order valence-electron chi connectivity index (χ4n) is 2.42. The number of nitrogens with two attached hydrogens (primary N) is 1. The lowest BCUT2D eigenvalue weighted by molar-refractivity contribution is -0.119. The van der Waals surface area contributed by atoms with Crippen LogP contribution in [0.25, 0.3) is 0 Å². The van der Waals surface area contributed by atoms with Gasteiger partial charge < -0.3 is 10.6 Å². The van der Waals surface area contributed by atoms with Crippen molar-refractivity contribution in [3.8, 4) is 0 Å². The topological polar surface area (TPSA) is 46.3 Å². The second kappa shape index (κ2) is 5.51. The molecular formula is C15H11Br2FN2O. The summed E-state index contributed by atoms with van der Waals surface area (Å²) < 4.78 is 15.5. The molecule has 0 bridgehead atoms. The molecule has 6 heteroatoms. The quantitative estimate of drug-likeness (QED) is 0.811. The van der Waals surface area contributed by atoms with E-state index in [0.717, 1.165) is 15.7 Å². The predicted molar refractivity (Wildman–Crippen MR) is 86.4 cm³/mol. The summed E-state index contributed by atoms with van der Waals surface area (Å²) in [5.74, 6) is -0.570. The van der Waals surface area contributed by atoms with Crippen LogP contribution in [0.4, 0.5) is 10.1 Å². The smallest absolute Gasteiger partial charge is 0.248 e. The summed E-state index contributed by atoms with van der Waals surface area (Å²) in [5.41, 5.74) is 7.88. The Hall–Kier alpha value is -1.24. The zero-order chi connectivity index (χ0) is 15.1. The standard InChI is InChI=1S/C15H11Br2FN2O/c16-9-2-1-8(12(18)5-9)7-20-13-6-10(17)3-4-11(13)14(19)15(20)21/h1-6,14H,7,19H2. The van der Waals surface area contributed by atoms with E-state index in [4.69, 9.17) is 5.73 Å². The fourth-order valence-corrected chi connectivity index (χ4v) is 3.10. The molecule has 0 aliphatic carbocycles. The highest BCUT2D eigenvalue weighted by molar-refractivity contribution is 9.10. The average Bonchev–Trinajstić information content (AvgIpc) is 2.66. The van der Waals surface area contributed by atoms with Crippen molar-refractivity contribution >= 4 is 43.5 Å². The normalized spacial score (nSPS) is 17.2. The molecule has 108 valence electrons. The lowest BCUT2D eigenvalue weighted by Gasteiger charge is -2.18. The number of hydrogen-bond acceptors (Lipinski definition) is 2. The van der Waals surface area contributed by atoms with E-state index in [1.807, 2.05) is 18.2 Å². The Bertz CT molecular complexity index is 736. The summed E-state index contributed by atoms with van der Waals surface area (Å²) in [6, 6.07) is 9.60. The molecule has 0 saturated heterocycles. The van der Waals surface area contributed by atoms with Gasteiger partial charge in [0, 0.05) is 20.1 Å². The third-order valence-corrected chi connectivity index (χ3v) is 4.48. The summed E-state index contributed by atoms with van der Waals surface area (Å²) in [6.07, 6.45) is 0. The minimum Gasteiger partial charge on any atom is -0.316 e. The first-order valence-corrected chi connectivity index (χ1v) is 7.86. The minimum atomic E-state index is -0.688. The van der Waals surface area contributed by atoms with E-state index >= 15 is 0 Å². The molecule has 1 atom stereocenters. The van der Waals surface area contributed by atoms with Gasteiger partial charge in [-0.15, -0.1) is 0 Å². The molecule has 2 aromatic rings. The highest BCUT2D eigenvalue weighted by Gasteiger charge is 2.35. The van der Waals surface area contributed by atoms with Crippen LogP contribution in [0, 0.1) is 5.82 Å². The number of carbonyl (C=O) groups excluding carboxylic acids is 1. The van der Waals surface area contributed by atoms with E-state index < -0.39 is 6.04 Å². The number of hydrogen-bond donors (Lipinski definition) is 1. The van der Waals surface area contributed by atoms with Gasteiger partial charge in [-0.1, -0.05) is 44.0 Å². The summed E-state index contributed by atoms with van der Waals surface area (Å²) in [5, 5.41) is 0. The van der Waals surface area contributed by atoms with Gasteiger partial charge in [-0.05, 0) is 24.3 Å². The van der Waals surface area contributed by atoms with Crippen LogP contribution in [-0.2, 0) is 11.3 Å². The van der Waals surface area contributed by atoms with E-state index in [9.17, 15) is 9.18 Å². The number of amides is 1. The second-order valence-corrected chi connectivity index (χ2v) is 6.67. The molecule has 1 amide bonds. The van der Waals surface area contributed by atoms with Crippen LogP contribution < -0.4 is 10.6 Å². The highest BCUT2D eigenvalue weighted by atomic mass is 79.9. The maximum Gasteiger partial charge on any atom is 0.248 e. The van der Waals surface area contributed by atoms with Crippen molar-refractivity contribution in [2.24, 2.45) is 5.73 Å². The van der Waals surface area contributed by atoms with Crippen molar-refractivity contribution in [3.63, 3.8) is 0 Å². The van der Waals surface area contributed by atoms with Gasteiger partial charge >= 0.3 is 0 Å².